The average molecular weight is 445 g/mol. The maximum Gasteiger partial charge on any atom is 0.262 e. The molecule has 0 aliphatic rings. The van der Waals surface area contributed by atoms with Crippen LogP contribution in [0.1, 0.15) is 36.5 Å². The van der Waals surface area contributed by atoms with Crippen LogP contribution in [0.5, 0.6) is 11.5 Å². The molecule has 170 valence electrons. The predicted molar refractivity (Wildman–Crippen MR) is 130 cm³/mol. The lowest BCUT2D eigenvalue weighted by Crippen LogP contribution is -2.21. The van der Waals surface area contributed by atoms with Crippen LogP contribution in [-0.2, 0) is 4.79 Å². The van der Waals surface area contributed by atoms with Gasteiger partial charge in [-0.1, -0.05) is 26.0 Å². The third kappa shape index (κ3) is 4.98. The SMILES string of the molecule is COc1ccc(-n2nc3cc(C)c(NC(=O)COc4cc(C)ccc4C(C)C)cc3n2)cc1. The molecule has 33 heavy (non-hydrogen) atoms. The predicted octanol–water partition coefficient (Wildman–Crippen LogP) is 5.19. The van der Waals surface area contributed by atoms with Gasteiger partial charge in [0.25, 0.3) is 5.91 Å². The van der Waals surface area contributed by atoms with Gasteiger partial charge in [0.1, 0.15) is 22.5 Å². The number of amides is 1. The average Bonchev–Trinajstić information content (AvgIpc) is 3.20. The molecule has 7 nitrogen and oxygen atoms in total. The molecule has 0 unspecified atom stereocenters. The Kier molecular flexibility index (Phi) is 6.31. The highest BCUT2D eigenvalue weighted by atomic mass is 16.5. The Morgan fingerprint density at radius 2 is 1.70 bits per heavy atom. The number of nitrogens with one attached hydrogen (secondary N) is 1. The minimum absolute atomic E-state index is 0.0702. The first-order valence-electron chi connectivity index (χ1n) is 10.9. The van der Waals surface area contributed by atoms with Gasteiger partial charge in [-0.15, -0.1) is 10.2 Å². The maximum atomic E-state index is 12.6. The molecule has 0 atom stereocenters. The molecule has 0 aliphatic carbocycles. The van der Waals surface area contributed by atoms with Crippen LogP contribution < -0.4 is 14.8 Å². The van der Waals surface area contributed by atoms with Crippen LogP contribution in [0.4, 0.5) is 5.69 Å². The summed E-state index contributed by atoms with van der Waals surface area (Å²) in [5.74, 6) is 1.59. The van der Waals surface area contributed by atoms with Gasteiger partial charge in [-0.05, 0) is 78.9 Å². The van der Waals surface area contributed by atoms with Crippen molar-refractivity contribution < 1.29 is 14.3 Å². The smallest absolute Gasteiger partial charge is 0.262 e. The van der Waals surface area contributed by atoms with Crippen molar-refractivity contribution in [3.63, 3.8) is 0 Å². The quantitative estimate of drug-likeness (QED) is 0.425. The first kappa shape index (κ1) is 22.3. The standard InChI is InChI=1S/C26H28N4O3/c1-16(2)21-11-6-17(3)12-25(21)33-15-26(31)27-22-14-24-23(13-18(22)4)28-30(29-24)19-7-9-20(32-5)10-8-19/h6-14,16H,15H2,1-5H3,(H,27,31). The second-order valence-corrected chi connectivity index (χ2v) is 8.38. The molecule has 0 bridgehead atoms. The number of hydrogen-bond acceptors (Lipinski definition) is 5. The number of ether oxygens (including phenoxy) is 2. The molecule has 4 rings (SSSR count). The minimum Gasteiger partial charge on any atom is -0.497 e. The van der Waals surface area contributed by atoms with E-state index in [-0.39, 0.29) is 12.5 Å². The van der Waals surface area contributed by atoms with Crippen LogP contribution in [0.2, 0.25) is 0 Å². The van der Waals surface area contributed by atoms with E-state index in [0.717, 1.165) is 39.4 Å². The Morgan fingerprint density at radius 1 is 1.00 bits per heavy atom. The normalized spacial score (nSPS) is 11.1. The summed E-state index contributed by atoms with van der Waals surface area (Å²) in [5, 5.41) is 12.1. The highest BCUT2D eigenvalue weighted by molar-refractivity contribution is 5.95. The zero-order valence-corrected chi connectivity index (χ0v) is 19.5. The van der Waals surface area contributed by atoms with Crippen molar-refractivity contribution in [1.82, 2.24) is 15.0 Å². The van der Waals surface area contributed by atoms with E-state index in [2.05, 4.69) is 41.5 Å². The van der Waals surface area contributed by atoms with E-state index in [4.69, 9.17) is 9.47 Å². The fourth-order valence-electron chi connectivity index (χ4n) is 3.61. The number of hydrogen-bond donors (Lipinski definition) is 1. The summed E-state index contributed by atoms with van der Waals surface area (Å²) in [6.07, 6.45) is 0. The van der Waals surface area contributed by atoms with Crippen LogP contribution in [0.25, 0.3) is 16.7 Å². The van der Waals surface area contributed by atoms with Gasteiger partial charge in [0.2, 0.25) is 0 Å². The maximum absolute atomic E-state index is 12.6. The van der Waals surface area contributed by atoms with Gasteiger partial charge in [-0.25, -0.2) is 0 Å². The van der Waals surface area contributed by atoms with Crippen LogP contribution in [0, 0.1) is 13.8 Å². The number of aromatic nitrogens is 3. The lowest BCUT2D eigenvalue weighted by Gasteiger charge is -2.15. The first-order chi connectivity index (χ1) is 15.8. The second kappa shape index (κ2) is 9.32. The van der Waals surface area contributed by atoms with Gasteiger partial charge in [0.15, 0.2) is 6.61 Å². The van der Waals surface area contributed by atoms with E-state index in [1.807, 2.05) is 56.3 Å². The number of carbonyl (C=O) groups excluding carboxylic acids is 1. The molecule has 0 fully saturated rings. The molecular formula is C26H28N4O3. The van der Waals surface area contributed by atoms with Gasteiger partial charge in [0, 0.05) is 5.69 Å². The highest BCUT2D eigenvalue weighted by Crippen LogP contribution is 2.28. The molecular weight excluding hydrogens is 416 g/mol. The first-order valence-corrected chi connectivity index (χ1v) is 10.9. The molecule has 0 saturated heterocycles. The van der Waals surface area contributed by atoms with E-state index in [0.29, 0.717) is 17.1 Å². The zero-order chi connectivity index (χ0) is 23.5. The molecule has 0 saturated carbocycles. The van der Waals surface area contributed by atoms with Crippen molar-refractivity contribution in [1.29, 1.82) is 0 Å². The number of anilines is 1. The Bertz CT molecular complexity index is 1290. The van der Waals surface area contributed by atoms with Crippen molar-refractivity contribution in [3.05, 3.63) is 71.3 Å². The third-order valence-electron chi connectivity index (χ3n) is 5.45. The van der Waals surface area contributed by atoms with E-state index < -0.39 is 0 Å². The van der Waals surface area contributed by atoms with Crippen LogP contribution >= 0.6 is 0 Å². The Hall–Kier alpha value is -3.87. The number of nitrogens with zero attached hydrogens (tertiary/aromatic N) is 3. The number of aryl methyl sites for hydroxylation is 2. The molecule has 1 aromatic heterocycles. The van der Waals surface area contributed by atoms with Crippen LogP contribution in [0.15, 0.2) is 54.6 Å². The fourth-order valence-corrected chi connectivity index (χ4v) is 3.61. The monoisotopic (exact) mass is 444 g/mol. The molecule has 1 heterocycles. The topological polar surface area (TPSA) is 78.3 Å². The molecule has 0 radical (unpaired) electrons. The summed E-state index contributed by atoms with van der Waals surface area (Å²) in [5.41, 5.74) is 6.02. The zero-order valence-electron chi connectivity index (χ0n) is 19.5. The molecule has 7 heteroatoms. The van der Waals surface area contributed by atoms with Gasteiger partial charge in [-0.3, -0.25) is 4.79 Å². The molecule has 0 aliphatic heterocycles. The van der Waals surface area contributed by atoms with Crippen molar-refractivity contribution in [2.24, 2.45) is 0 Å². The summed E-state index contributed by atoms with van der Waals surface area (Å²) in [6, 6.07) is 17.3. The summed E-state index contributed by atoms with van der Waals surface area (Å²) in [4.78, 5) is 14.2. The Balaban J connectivity index is 1.50. The number of carbonyl (C=O) groups is 1. The van der Waals surface area contributed by atoms with Crippen molar-refractivity contribution >= 4 is 22.6 Å². The molecule has 1 amide bonds. The lowest BCUT2D eigenvalue weighted by molar-refractivity contribution is -0.118. The van der Waals surface area contributed by atoms with E-state index in [1.165, 1.54) is 0 Å². The number of benzene rings is 3. The summed E-state index contributed by atoms with van der Waals surface area (Å²) < 4.78 is 11.1. The Morgan fingerprint density at radius 3 is 2.36 bits per heavy atom. The van der Waals surface area contributed by atoms with Crippen molar-refractivity contribution in [2.45, 2.75) is 33.6 Å². The van der Waals surface area contributed by atoms with E-state index in [1.54, 1.807) is 11.9 Å². The van der Waals surface area contributed by atoms with Crippen molar-refractivity contribution in [2.75, 3.05) is 19.0 Å². The van der Waals surface area contributed by atoms with Crippen LogP contribution in [-0.4, -0.2) is 34.6 Å². The summed E-state index contributed by atoms with van der Waals surface area (Å²) in [7, 11) is 1.63. The third-order valence-corrected chi connectivity index (χ3v) is 5.45. The highest BCUT2D eigenvalue weighted by Gasteiger charge is 2.13. The molecule has 4 aromatic rings. The summed E-state index contributed by atoms with van der Waals surface area (Å²) >= 11 is 0. The largest absolute Gasteiger partial charge is 0.497 e. The van der Waals surface area contributed by atoms with Gasteiger partial charge < -0.3 is 14.8 Å². The number of fused-ring (bicyclic) bond motifs is 1. The summed E-state index contributed by atoms with van der Waals surface area (Å²) in [6.45, 7) is 8.08. The number of methoxy groups -OCH3 is 1. The number of rotatable bonds is 7. The fraction of sp³-hybridized carbons (Fsp3) is 0.269. The van der Waals surface area contributed by atoms with E-state index >= 15 is 0 Å². The molecule has 1 N–H and O–H groups in total. The minimum atomic E-state index is -0.226. The van der Waals surface area contributed by atoms with Crippen LogP contribution in [0.3, 0.4) is 0 Å². The van der Waals surface area contributed by atoms with Gasteiger partial charge in [0.05, 0.1) is 12.8 Å². The van der Waals surface area contributed by atoms with Gasteiger partial charge >= 0.3 is 0 Å². The second-order valence-electron chi connectivity index (χ2n) is 8.38. The van der Waals surface area contributed by atoms with E-state index in [9.17, 15) is 4.79 Å². The lowest BCUT2D eigenvalue weighted by atomic mass is 10.0. The van der Waals surface area contributed by atoms with Crippen molar-refractivity contribution in [3.8, 4) is 17.2 Å². The molecule has 3 aromatic carbocycles. The Labute approximate surface area is 193 Å². The molecule has 0 spiro atoms. The van der Waals surface area contributed by atoms with Gasteiger partial charge in [-0.2, -0.15) is 4.80 Å².